The van der Waals surface area contributed by atoms with E-state index in [0.29, 0.717) is 46.4 Å². The van der Waals surface area contributed by atoms with E-state index < -0.39 is 15.9 Å². The Kier molecular flexibility index (Phi) is 7.59. The Morgan fingerprint density at radius 3 is 2.48 bits per heavy atom. The minimum Gasteiger partial charge on any atom is -0.326 e. The van der Waals surface area contributed by atoms with Crippen LogP contribution in [-0.4, -0.2) is 37.6 Å². The van der Waals surface area contributed by atoms with E-state index in [0.717, 1.165) is 0 Å². The van der Waals surface area contributed by atoms with Gasteiger partial charge in [0.15, 0.2) is 0 Å². The average molecular weight is 484 g/mol. The first-order chi connectivity index (χ1) is 14.6. The van der Waals surface area contributed by atoms with E-state index in [1.807, 2.05) is 0 Å². The molecule has 10 heteroatoms. The fourth-order valence-electron chi connectivity index (χ4n) is 3.46. The van der Waals surface area contributed by atoms with Gasteiger partial charge in [-0.25, -0.2) is 12.7 Å². The molecule has 31 heavy (non-hydrogen) atoms. The normalized spacial score (nSPS) is 17.2. The molecule has 1 aliphatic heterocycles. The summed E-state index contributed by atoms with van der Waals surface area (Å²) in [6.07, 6.45) is 1.17. The topological polar surface area (TPSA) is 95.6 Å². The smallest absolute Gasteiger partial charge is 0.228 e. The molecule has 2 aromatic rings. The number of anilines is 2. The molecule has 1 fully saturated rings. The molecule has 1 atom stereocenters. The molecule has 0 aromatic heterocycles. The van der Waals surface area contributed by atoms with Crippen molar-refractivity contribution in [2.45, 2.75) is 25.5 Å². The van der Waals surface area contributed by atoms with E-state index >= 15 is 0 Å². The van der Waals surface area contributed by atoms with Gasteiger partial charge < -0.3 is 10.6 Å². The molecule has 1 saturated heterocycles. The largest absolute Gasteiger partial charge is 0.326 e. The van der Waals surface area contributed by atoms with Crippen LogP contribution in [0.5, 0.6) is 0 Å². The van der Waals surface area contributed by atoms with Gasteiger partial charge in [0.25, 0.3) is 0 Å². The number of halogens is 2. The number of carbonyl (C=O) groups is 2. The molecular weight excluding hydrogens is 461 g/mol. The zero-order valence-corrected chi connectivity index (χ0v) is 19.2. The van der Waals surface area contributed by atoms with Gasteiger partial charge >= 0.3 is 0 Å². The zero-order valence-electron chi connectivity index (χ0n) is 16.9. The number of piperidine rings is 1. The first kappa shape index (κ1) is 23.5. The van der Waals surface area contributed by atoms with Crippen molar-refractivity contribution < 1.29 is 18.0 Å². The van der Waals surface area contributed by atoms with Gasteiger partial charge in [0.2, 0.25) is 21.8 Å². The van der Waals surface area contributed by atoms with Crippen molar-refractivity contribution in [3.63, 3.8) is 0 Å². The second kappa shape index (κ2) is 9.99. The third kappa shape index (κ3) is 6.43. The minimum absolute atomic E-state index is 0.102. The van der Waals surface area contributed by atoms with Crippen LogP contribution in [0.25, 0.3) is 0 Å². The van der Waals surface area contributed by atoms with Crippen LogP contribution in [0.4, 0.5) is 11.4 Å². The van der Waals surface area contributed by atoms with Crippen LogP contribution in [0.15, 0.2) is 42.5 Å². The van der Waals surface area contributed by atoms with Crippen LogP contribution in [-0.2, 0) is 25.4 Å². The van der Waals surface area contributed by atoms with Gasteiger partial charge in [-0.2, -0.15) is 0 Å². The Labute approximate surface area is 191 Å². The zero-order chi connectivity index (χ0) is 22.6. The number of nitrogens with zero attached hydrogens (tertiary/aromatic N) is 1. The van der Waals surface area contributed by atoms with Crippen LogP contribution in [0.2, 0.25) is 10.0 Å². The quantitative estimate of drug-likeness (QED) is 0.645. The van der Waals surface area contributed by atoms with Gasteiger partial charge in [-0.15, -0.1) is 0 Å². The Balaban J connectivity index is 1.66. The molecule has 0 radical (unpaired) electrons. The summed E-state index contributed by atoms with van der Waals surface area (Å²) in [6.45, 7) is 1.86. The number of rotatable bonds is 6. The summed E-state index contributed by atoms with van der Waals surface area (Å²) in [7, 11) is -3.65. The predicted octanol–water partition coefficient (Wildman–Crippen LogP) is 4.13. The van der Waals surface area contributed by atoms with E-state index in [1.165, 1.54) is 17.3 Å². The van der Waals surface area contributed by atoms with Gasteiger partial charge in [-0.3, -0.25) is 9.59 Å². The maximum atomic E-state index is 12.9. The molecular formula is C21H23Cl2N3O4S. The third-order valence-electron chi connectivity index (χ3n) is 4.95. The van der Waals surface area contributed by atoms with Crippen LogP contribution in [0, 0.1) is 5.92 Å². The van der Waals surface area contributed by atoms with E-state index in [4.69, 9.17) is 23.2 Å². The van der Waals surface area contributed by atoms with Crippen molar-refractivity contribution in [2.24, 2.45) is 5.92 Å². The molecule has 1 aliphatic rings. The maximum Gasteiger partial charge on any atom is 0.228 e. The summed E-state index contributed by atoms with van der Waals surface area (Å²) < 4.78 is 27.2. The molecule has 166 valence electrons. The summed E-state index contributed by atoms with van der Waals surface area (Å²) in [6, 6.07) is 11.5. The van der Waals surface area contributed by atoms with Gasteiger partial charge in [-0.1, -0.05) is 35.3 Å². The monoisotopic (exact) mass is 483 g/mol. The Morgan fingerprint density at radius 2 is 1.81 bits per heavy atom. The lowest BCUT2D eigenvalue weighted by Crippen LogP contribution is -2.44. The molecule has 7 nitrogen and oxygen atoms in total. The van der Waals surface area contributed by atoms with Gasteiger partial charge in [0.1, 0.15) is 0 Å². The minimum atomic E-state index is -3.65. The van der Waals surface area contributed by atoms with Gasteiger partial charge in [0.05, 0.1) is 11.7 Å². The third-order valence-corrected chi connectivity index (χ3v) is 7.33. The fraction of sp³-hybridized carbons (Fsp3) is 0.333. The van der Waals surface area contributed by atoms with Gasteiger partial charge in [-0.05, 0) is 48.7 Å². The SMILES string of the molecule is CC(=O)Nc1cccc(NC(=O)[C@@H]2CCCN(S(=O)(=O)Cc3ccc(Cl)cc3Cl)C2)c1. The fourth-order valence-corrected chi connectivity index (χ4v) is 5.65. The summed E-state index contributed by atoms with van der Waals surface area (Å²) in [5.41, 5.74) is 1.56. The summed E-state index contributed by atoms with van der Waals surface area (Å²) in [5.74, 6) is -1.20. The van der Waals surface area contributed by atoms with Crippen molar-refractivity contribution in [3.8, 4) is 0 Å². The lowest BCUT2D eigenvalue weighted by molar-refractivity contribution is -0.121. The molecule has 0 bridgehead atoms. The second-order valence-electron chi connectivity index (χ2n) is 7.44. The molecule has 0 unspecified atom stereocenters. The van der Waals surface area contributed by atoms with Crippen LogP contribution < -0.4 is 10.6 Å². The van der Waals surface area contributed by atoms with E-state index in [2.05, 4.69) is 10.6 Å². The predicted molar refractivity (Wildman–Crippen MR) is 123 cm³/mol. The highest BCUT2D eigenvalue weighted by molar-refractivity contribution is 7.88. The van der Waals surface area contributed by atoms with Crippen molar-refractivity contribution in [2.75, 3.05) is 23.7 Å². The number of hydrogen-bond donors (Lipinski definition) is 2. The Hall–Kier alpha value is -2.13. The molecule has 3 rings (SSSR count). The average Bonchev–Trinajstić information content (AvgIpc) is 2.70. The maximum absolute atomic E-state index is 12.9. The number of nitrogens with one attached hydrogen (secondary N) is 2. The standard InChI is InChI=1S/C21H23Cl2N3O4S/c1-14(27)24-18-5-2-6-19(11-18)25-21(28)15-4-3-9-26(12-15)31(29,30)13-16-7-8-17(22)10-20(16)23/h2,5-8,10-11,15H,3-4,9,12-13H2,1H3,(H,24,27)(H,25,28)/t15-/m1/s1. The summed E-state index contributed by atoms with van der Waals surface area (Å²) in [4.78, 5) is 24.0. The second-order valence-corrected chi connectivity index (χ2v) is 10.3. The number of sulfonamides is 1. The van der Waals surface area contributed by atoms with Crippen LogP contribution in [0.1, 0.15) is 25.3 Å². The first-order valence-corrected chi connectivity index (χ1v) is 12.1. The van der Waals surface area contributed by atoms with Crippen molar-refractivity contribution in [1.82, 2.24) is 4.31 Å². The number of carbonyl (C=O) groups excluding carboxylic acids is 2. The molecule has 2 aromatic carbocycles. The van der Waals surface area contributed by atoms with Crippen LogP contribution in [0.3, 0.4) is 0 Å². The van der Waals surface area contributed by atoms with Crippen molar-refractivity contribution in [3.05, 3.63) is 58.1 Å². The Bertz CT molecular complexity index is 1090. The molecule has 0 saturated carbocycles. The molecule has 2 N–H and O–H groups in total. The van der Waals surface area contributed by atoms with E-state index in [-0.39, 0.29) is 24.1 Å². The Morgan fingerprint density at radius 1 is 1.10 bits per heavy atom. The number of hydrogen-bond acceptors (Lipinski definition) is 4. The molecule has 0 aliphatic carbocycles. The lowest BCUT2D eigenvalue weighted by Gasteiger charge is -2.31. The van der Waals surface area contributed by atoms with E-state index in [9.17, 15) is 18.0 Å². The molecule has 2 amide bonds. The highest BCUT2D eigenvalue weighted by Gasteiger charge is 2.32. The molecule has 1 heterocycles. The lowest BCUT2D eigenvalue weighted by atomic mass is 9.98. The number of amides is 2. The molecule has 0 spiro atoms. The first-order valence-electron chi connectivity index (χ1n) is 9.74. The van der Waals surface area contributed by atoms with Crippen molar-refractivity contribution in [1.29, 1.82) is 0 Å². The van der Waals surface area contributed by atoms with E-state index in [1.54, 1.807) is 36.4 Å². The summed E-state index contributed by atoms with van der Waals surface area (Å²) >= 11 is 12.0. The summed E-state index contributed by atoms with van der Waals surface area (Å²) in [5, 5.41) is 6.20. The number of benzene rings is 2. The van der Waals surface area contributed by atoms with Gasteiger partial charge in [0, 0.05) is 41.4 Å². The highest BCUT2D eigenvalue weighted by Crippen LogP contribution is 2.27. The van der Waals surface area contributed by atoms with Crippen molar-refractivity contribution >= 4 is 56.4 Å². The highest BCUT2D eigenvalue weighted by atomic mass is 35.5. The van der Waals surface area contributed by atoms with Crippen LogP contribution >= 0.6 is 23.2 Å².